The number of H-pyrrole nitrogens is 1. The predicted molar refractivity (Wildman–Crippen MR) is 153 cm³/mol. The molecule has 2 aromatic heterocycles. The van der Waals surface area contributed by atoms with Crippen LogP contribution >= 0.6 is 0 Å². The quantitative estimate of drug-likeness (QED) is 0.107. The third kappa shape index (κ3) is 3.72. The Kier molecular flexibility index (Phi) is 6.54. The second-order valence-electron chi connectivity index (χ2n) is 11.0. The molecule has 44 heavy (non-hydrogen) atoms. The van der Waals surface area contributed by atoms with Crippen molar-refractivity contribution in [3.63, 3.8) is 0 Å². The number of aromatic hydroxyl groups is 2. The number of hydrogen-bond acceptors (Lipinski definition) is 12. The van der Waals surface area contributed by atoms with Gasteiger partial charge in [0.2, 0.25) is 0 Å². The minimum absolute atomic E-state index is 0.0623. The summed E-state index contributed by atoms with van der Waals surface area (Å²) in [6.07, 6.45) is -7.87. The lowest BCUT2D eigenvalue weighted by molar-refractivity contribution is -0.249. The first-order valence-corrected chi connectivity index (χ1v) is 13.8. The van der Waals surface area contributed by atoms with Crippen LogP contribution in [-0.2, 0) is 4.74 Å². The highest BCUT2D eigenvalue weighted by atomic mass is 16.6. The normalized spacial score (nSPS) is 24.2. The molecule has 5 atom stereocenters. The summed E-state index contributed by atoms with van der Waals surface area (Å²) in [5.74, 6) is -2.00. The van der Waals surface area contributed by atoms with Crippen molar-refractivity contribution < 1.29 is 55.2 Å². The number of aromatic amines is 1. The number of fused-ring (bicyclic) bond motifs is 10. The van der Waals surface area contributed by atoms with E-state index in [0.717, 1.165) is 0 Å². The van der Waals surface area contributed by atoms with Crippen LogP contribution in [0.4, 0.5) is 0 Å². The molecule has 1 fully saturated rings. The molecule has 10 N–H and O–H groups in total. The van der Waals surface area contributed by atoms with Crippen molar-refractivity contribution in [1.82, 2.24) is 20.0 Å². The van der Waals surface area contributed by atoms with Crippen LogP contribution in [0, 0.1) is 0 Å². The number of aliphatic hydroxyl groups excluding tert-OH is 6. The predicted octanol–water partition coefficient (Wildman–Crippen LogP) is -0.734. The maximum atomic E-state index is 14.1. The number of phenolic OH excluding ortho intramolecular Hbond substituents is 2. The van der Waals surface area contributed by atoms with Gasteiger partial charge in [0.15, 0.2) is 6.23 Å². The Balaban J connectivity index is 1.66. The number of nitrogens with zero attached hydrogens (tertiary/aromatic N) is 2. The molecule has 0 saturated carbocycles. The van der Waals surface area contributed by atoms with Gasteiger partial charge >= 0.3 is 0 Å². The van der Waals surface area contributed by atoms with Gasteiger partial charge in [0.25, 0.3) is 11.8 Å². The summed E-state index contributed by atoms with van der Waals surface area (Å²) in [4.78, 5) is 31.2. The molecule has 0 radical (unpaired) electrons. The Morgan fingerprint density at radius 2 is 1.57 bits per heavy atom. The Morgan fingerprint density at radius 3 is 2.25 bits per heavy atom. The molecule has 0 unspecified atom stereocenters. The zero-order valence-corrected chi connectivity index (χ0v) is 22.7. The van der Waals surface area contributed by atoms with Crippen LogP contribution in [0.1, 0.15) is 26.9 Å². The van der Waals surface area contributed by atoms with E-state index in [1.54, 1.807) is 12.1 Å². The smallest absolute Gasteiger partial charge is 0.276 e. The monoisotopic (exact) mass is 608 g/mol. The number of nitrogens with one attached hydrogen (secondary N) is 2. The molecule has 2 aliphatic rings. The molecule has 0 spiro atoms. The third-order valence-corrected chi connectivity index (χ3v) is 8.49. The van der Waals surface area contributed by atoms with Crippen LogP contribution in [0.2, 0.25) is 0 Å². The Labute approximate surface area is 246 Å². The highest BCUT2D eigenvalue weighted by Gasteiger charge is 2.47. The minimum atomic E-state index is -1.75. The molecule has 2 aliphatic heterocycles. The van der Waals surface area contributed by atoms with E-state index < -0.39 is 68.3 Å². The van der Waals surface area contributed by atoms with Crippen LogP contribution < -0.4 is 5.43 Å². The maximum Gasteiger partial charge on any atom is 0.276 e. The van der Waals surface area contributed by atoms with E-state index in [1.165, 1.54) is 28.8 Å². The van der Waals surface area contributed by atoms with Gasteiger partial charge in [-0.3, -0.25) is 9.59 Å². The summed E-state index contributed by atoms with van der Waals surface area (Å²) in [7, 11) is 0. The summed E-state index contributed by atoms with van der Waals surface area (Å²) < 4.78 is 7.38. The van der Waals surface area contributed by atoms with Crippen molar-refractivity contribution >= 4 is 55.4 Å². The molecule has 230 valence electrons. The van der Waals surface area contributed by atoms with Crippen molar-refractivity contribution in [1.29, 1.82) is 0 Å². The number of ether oxygens (including phenoxy) is 1. The Bertz CT molecular complexity index is 2000. The van der Waals surface area contributed by atoms with Gasteiger partial charge in [0, 0.05) is 21.5 Å². The first kappa shape index (κ1) is 28.5. The number of carbonyl (C=O) groups excluding carboxylic acids is 2. The van der Waals surface area contributed by atoms with Gasteiger partial charge in [0.1, 0.15) is 35.9 Å². The van der Waals surface area contributed by atoms with Gasteiger partial charge in [-0.25, -0.2) is 10.4 Å². The van der Waals surface area contributed by atoms with Crippen LogP contribution in [0.5, 0.6) is 11.5 Å². The van der Waals surface area contributed by atoms with E-state index in [0.29, 0.717) is 10.4 Å². The van der Waals surface area contributed by atoms with Crippen molar-refractivity contribution in [2.45, 2.75) is 36.7 Å². The zero-order valence-electron chi connectivity index (χ0n) is 22.7. The van der Waals surface area contributed by atoms with Gasteiger partial charge in [-0.15, -0.1) is 0 Å². The molecule has 4 heterocycles. The SMILES string of the molecule is O=C1c2c(c3c4cc(O)ccc4n([C@@H]4O[C@H](CO)[C@@H](O)[C@H](O)[C@H]4O)c3c3[nH]c4c(O)cccc4c23)C(=O)N1NC(CO)CO. The number of aliphatic hydroxyl groups is 6. The second-order valence-corrected chi connectivity index (χ2v) is 11.0. The molecule has 0 aliphatic carbocycles. The van der Waals surface area contributed by atoms with Gasteiger partial charge in [-0.05, 0) is 24.3 Å². The fourth-order valence-electron chi connectivity index (χ4n) is 6.43. The summed E-state index contributed by atoms with van der Waals surface area (Å²) >= 11 is 0. The third-order valence-electron chi connectivity index (χ3n) is 8.49. The number of phenols is 2. The second kappa shape index (κ2) is 10.1. The molecule has 3 aromatic carbocycles. The first-order chi connectivity index (χ1) is 21.1. The summed E-state index contributed by atoms with van der Waals surface area (Å²) in [6.45, 7) is -1.89. The lowest BCUT2D eigenvalue weighted by atomic mass is 9.96. The minimum Gasteiger partial charge on any atom is -0.508 e. The summed E-state index contributed by atoms with van der Waals surface area (Å²) in [5, 5.41) is 84.5. The van der Waals surface area contributed by atoms with Crippen LogP contribution in [-0.4, -0.2) is 118 Å². The molecular formula is C29H28N4O11. The van der Waals surface area contributed by atoms with Crippen molar-refractivity contribution in [3.05, 3.63) is 47.5 Å². The number of rotatable bonds is 6. The zero-order chi connectivity index (χ0) is 31.2. The van der Waals surface area contributed by atoms with E-state index >= 15 is 0 Å². The number of hydrogen-bond donors (Lipinski definition) is 10. The van der Waals surface area contributed by atoms with Crippen molar-refractivity contribution in [3.8, 4) is 11.5 Å². The lowest BCUT2D eigenvalue weighted by Crippen LogP contribution is -2.56. The molecule has 7 rings (SSSR count). The van der Waals surface area contributed by atoms with Crippen molar-refractivity contribution in [2.75, 3.05) is 19.8 Å². The number of aromatic nitrogens is 2. The van der Waals surface area contributed by atoms with E-state index in [4.69, 9.17) is 4.74 Å². The number of imide groups is 1. The van der Waals surface area contributed by atoms with Crippen LogP contribution in [0.3, 0.4) is 0 Å². The highest BCUT2D eigenvalue weighted by molar-refractivity contribution is 6.39. The van der Waals surface area contributed by atoms with E-state index in [1.807, 2.05) is 0 Å². The fraction of sp³-hybridized carbons (Fsp3) is 0.310. The number of carbonyl (C=O) groups is 2. The molecule has 2 amide bonds. The Morgan fingerprint density at radius 1 is 0.864 bits per heavy atom. The molecule has 0 bridgehead atoms. The Hall–Kier alpha value is -4.32. The fourth-order valence-corrected chi connectivity index (χ4v) is 6.43. The average Bonchev–Trinajstić information content (AvgIpc) is 3.63. The van der Waals surface area contributed by atoms with Gasteiger partial charge in [-0.2, -0.15) is 0 Å². The largest absolute Gasteiger partial charge is 0.508 e. The average molecular weight is 609 g/mol. The topological polar surface area (TPSA) is 241 Å². The summed E-state index contributed by atoms with van der Waals surface area (Å²) in [6, 6.07) is 7.73. The molecule has 15 nitrogen and oxygen atoms in total. The number of para-hydroxylation sites is 1. The lowest BCUT2D eigenvalue weighted by Gasteiger charge is -2.41. The molecular weight excluding hydrogens is 580 g/mol. The van der Waals surface area contributed by atoms with E-state index in [9.17, 15) is 50.4 Å². The highest BCUT2D eigenvalue weighted by Crippen LogP contribution is 2.48. The number of hydrazine groups is 1. The molecule has 5 aromatic rings. The van der Waals surface area contributed by atoms with Gasteiger partial charge in [0.05, 0.1) is 59.1 Å². The van der Waals surface area contributed by atoms with Gasteiger partial charge < -0.3 is 55.1 Å². The van der Waals surface area contributed by atoms with Crippen molar-refractivity contribution in [2.24, 2.45) is 0 Å². The van der Waals surface area contributed by atoms with Crippen LogP contribution in [0.25, 0.3) is 43.6 Å². The number of benzene rings is 3. The number of amides is 2. The first-order valence-electron chi connectivity index (χ1n) is 13.8. The van der Waals surface area contributed by atoms with E-state index in [2.05, 4.69) is 10.4 Å². The summed E-state index contributed by atoms with van der Waals surface area (Å²) in [5.41, 5.74) is 3.32. The van der Waals surface area contributed by atoms with Gasteiger partial charge in [-0.1, -0.05) is 12.1 Å². The maximum absolute atomic E-state index is 14.1. The standard InChI is InChI=1S/C29H28N4O11/c34-7-10(8-35)31-33-27(42)19-17-12-2-1-3-15(38)21(12)30-22(17)23-18(20(19)28(33)43)13-6-11(37)4-5-14(13)32(23)29-26(41)25(40)24(39)16(9-36)44-29/h1-6,10,16,24-26,29-31,34-41H,7-9H2/t16-,24-,25+,26-,29-/m1/s1. The molecule has 15 heteroatoms. The molecule has 1 saturated heterocycles. The van der Waals surface area contributed by atoms with E-state index in [-0.39, 0.29) is 60.9 Å². The van der Waals surface area contributed by atoms with Crippen LogP contribution in [0.15, 0.2) is 36.4 Å².